The molecule has 1 rings (SSSR count). The molecule has 0 radical (unpaired) electrons. The van der Waals surface area contributed by atoms with Crippen molar-refractivity contribution < 1.29 is 0 Å². The Kier molecular flexibility index (Phi) is 2.96. The normalized spacial score (nSPS) is 11.8. The van der Waals surface area contributed by atoms with Gasteiger partial charge < -0.3 is 0 Å². The second kappa shape index (κ2) is 3.66. The first kappa shape index (κ1) is 10.5. The zero-order valence-electron chi connectivity index (χ0n) is 8.88. The number of hydrogen-bond acceptors (Lipinski definition) is 3. The minimum atomic E-state index is 0.129. The van der Waals surface area contributed by atoms with E-state index in [1.54, 1.807) is 18.1 Å². The molecule has 0 aliphatic carbocycles. The minimum absolute atomic E-state index is 0.129. The summed E-state index contributed by atoms with van der Waals surface area (Å²) >= 11 is 1.69. The monoisotopic (exact) mass is 196 g/mol. The highest BCUT2D eigenvalue weighted by atomic mass is 32.2. The second-order valence-corrected chi connectivity index (χ2v) is 4.89. The first-order valence-corrected chi connectivity index (χ1v) is 5.55. The maximum absolute atomic E-state index is 4.28. The van der Waals surface area contributed by atoms with Crippen LogP contribution in [0, 0.1) is 6.92 Å². The number of aryl methyl sites for hydroxylation is 1. The van der Waals surface area contributed by atoms with Gasteiger partial charge in [0.05, 0.1) is 0 Å². The Labute approximate surface area is 84.2 Å². The van der Waals surface area contributed by atoms with Crippen LogP contribution in [-0.4, -0.2) is 16.2 Å². The summed E-state index contributed by atoms with van der Waals surface area (Å²) < 4.78 is 0. The first-order chi connectivity index (χ1) is 5.96. The fraction of sp³-hybridized carbons (Fsp3) is 0.600. The molecule has 0 spiro atoms. The Balaban J connectivity index is 3.32. The van der Waals surface area contributed by atoms with E-state index < -0.39 is 0 Å². The van der Waals surface area contributed by atoms with Gasteiger partial charge in [-0.25, -0.2) is 9.97 Å². The van der Waals surface area contributed by atoms with E-state index in [1.165, 1.54) is 5.56 Å². The van der Waals surface area contributed by atoms with Crippen molar-refractivity contribution in [1.29, 1.82) is 0 Å². The number of hydrogen-bond donors (Lipinski definition) is 0. The molecular weight excluding hydrogens is 180 g/mol. The number of nitrogens with zero attached hydrogens (tertiary/aromatic N) is 2. The highest BCUT2D eigenvalue weighted by molar-refractivity contribution is 7.98. The van der Waals surface area contributed by atoms with Gasteiger partial charge in [0.1, 0.15) is 11.4 Å². The number of thioether (sulfide) groups is 1. The molecule has 0 bridgehead atoms. The summed E-state index contributed by atoms with van der Waals surface area (Å²) in [5.41, 5.74) is 2.48. The lowest BCUT2D eigenvalue weighted by molar-refractivity contribution is 0.561. The average molecular weight is 196 g/mol. The second-order valence-electron chi connectivity index (χ2n) is 4.09. The van der Waals surface area contributed by atoms with E-state index in [4.69, 9.17) is 0 Å². The quantitative estimate of drug-likeness (QED) is 0.510. The Bertz CT molecular complexity index is 302. The third-order valence-corrected chi connectivity index (χ3v) is 2.64. The molecule has 1 aromatic heterocycles. The van der Waals surface area contributed by atoms with Gasteiger partial charge in [-0.2, -0.15) is 0 Å². The van der Waals surface area contributed by atoms with Crippen LogP contribution in [-0.2, 0) is 5.41 Å². The van der Waals surface area contributed by atoms with Crippen LogP contribution in [0.2, 0.25) is 0 Å². The third-order valence-electron chi connectivity index (χ3n) is 1.95. The smallest absolute Gasteiger partial charge is 0.116 e. The Morgan fingerprint density at radius 2 is 1.85 bits per heavy atom. The van der Waals surface area contributed by atoms with Crippen molar-refractivity contribution in [1.82, 2.24) is 9.97 Å². The first-order valence-electron chi connectivity index (χ1n) is 4.33. The van der Waals surface area contributed by atoms with E-state index in [1.807, 2.05) is 6.92 Å². The zero-order chi connectivity index (χ0) is 10.1. The molecule has 1 heterocycles. The highest BCUT2D eigenvalue weighted by Gasteiger charge is 2.21. The molecule has 1 aromatic rings. The largest absolute Gasteiger partial charge is 0.241 e. The van der Waals surface area contributed by atoms with Crippen LogP contribution in [0.4, 0.5) is 0 Å². The van der Waals surface area contributed by atoms with Crippen LogP contribution in [0.3, 0.4) is 0 Å². The fourth-order valence-corrected chi connectivity index (χ4v) is 2.28. The summed E-state index contributed by atoms with van der Waals surface area (Å²) in [6.07, 6.45) is 3.69. The van der Waals surface area contributed by atoms with Crippen LogP contribution in [0.5, 0.6) is 0 Å². The van der Waals surface area contributed by atoms with Crippen molar-refractivity contribution in [3.8, 4) is 0 Å². The lowest BCUT2D eigenvalue weighted by atomic mass is 9.87. The SMILES string of the molecule is CSc1ncnc(C)c1C(C)(C)C. The molecule has 13 heavy (non-hydrogen) atoms. The lowest BCUT2D eigenvalue weighted by Gasteiger charge is -2.22. The molecule has 3 heteroatoms. The molecule has 0 amide bonds. The van der Waals surface area contributed by atoms with Crippen molar-refractivity contribution in [2.75, 3.05) is 6.26 Å². The molecule has 0 fully saturated rings. The molecule has 0 saturated heterocycles. The molecule has 72 valence electrons. The van der Waals surface area contributed by atoms with Crippen molar-refractivity contribution in [2.45, 2.75) is 38.1 Å². The molecule has 0 aromatic carbocycles. The van der Waals surface area contributed by atoms with Gasteiger partial charge in [-0.3, -0.25) is 0 Å². The number of rotatable bonds is 1. The molecule has 0 aliphatic rings. The van der Waals surface area contributed by atoms with Gasteiger partial charge in [-0.1, -0.05) is 20.8 Å². The maximum Gasteiger partial charge on any atom is 0.116 e. The van der Waals surface area contributed by atoms with E-state index in [2.05, 4.69) is 37.0 Å². The van der Waals surface area contributed by atoms with Crippen molar-refractivity contribution >= 4 is 11.8 Å². The summed E-state index contributed by atoms with van der Waals surface area (Å²) in [4.78, 5) is 8.51. The van der Waals surface area contributed by atoms with E-state index in [-0.39, 0.29) is 5.41 Å². The van der Waals surface area contributed by atoms with Gasteiger partial charge in [0.25, 0.3) is 0 Å². The van der Waals surface area contributed by atoms with Crippen LogP contribution in [0.15, 0.2) is 11.4 Å². The van der Waals surface area contributed by atoms with Crippen molar-refractivity contribution in [2.24, 2.45) is 0 Å². The highest BCUT2D eigenvalue weighted by Crippen LogP contribution is 2.31. The molecule has 0 aliphatic heterocycles. The van der Waals surface area contributed by atoms with Crippen LogP contribution in [0.25, 0.3) is 0 Å². The van der Waals surface area contributed by atoms with Crippen LogP contribution >= 0.6 is 11.8 Å². The average Bonchev–Trinajstić information content (AvgIpc) is 2.01. The molecule has 0 atom stereocenters. The van der Waals surface area contributed by atoms with Crippen molar-refractivity contribution in [3.05, 3.63) is 17.6 Å². The molecule has 0 N–H and O–H groups in total. The minimum Gasteiger partial charge on any atom is -0.241 e. The zero-order valence-corrected chi connectivity index (χ0v) is 9.70. The van der Waals surface area contributed by atoms with E-state index >= 15 is 0 Å². The van der Waals surface area contributed by atoms with Crippen molar-refractivity contribution in [3.63, 3.8) is 0 Å². The predicted molar refractivity (Wildman–Crippen MR) is 57.3 cm³/mol. The Morgan fingerprint density at radius 1 is 1.23 bits per heavy atom. The summed E-state index contributed by atoms with van der Waals surface area (Å²) in [6.45, 7) is 8.62. The van der Waals surface area contributed by atoms with Gasteiger partial charge in [-0.15, -0.1) is 11.8 Å². The van der Waals surface area contributed by atoms with Gasteiger partial charge in [0.2, 0.25) is 0 Å². The lowest BCUT2D eigenvalue weighted by Crippen LogP contribution is -2.16. The summed E-state index contributed by atoms with van der Waals surface area (Å²) in [7, 11) is 0. The Hall–Kier alpha value is -0.570. The maximum atomic E-state index is 4.28. The summed E-state index contributed by atoms with van der Waals surface area (Å²) in [5.74, 6) is 0. The van der Waals surface area contributed by atoms with E-state index in [9.17, 15) is 0 Å². The predicted octanol–water partition coefficient (Wildman–Crippen LogP) is 2.80. The standard InChI is InChI=1S/C10H16N2S/c1-7-8(10(2,3)4)9(13-5)12-6-11-7/h6H,1-5H3. The third kappa shape index (κ3) is 2.21. The van der Waals surface area contributed by atoms with Crippen LogP contribution < -0.4 is 0 Å². The molecular formula is C10H16N2S. The van der Waals surface area contributed by atoms with E-state index in [0.29, 0.717) is 0 Å². The van der Waals surface area contributed by atoms with E-state index in [0.717, 1.165) is 10.7 Å². The molecule has 0 saturated carbocycles. The number of aromatic nitrogens is 2. The van der Waals surface area contributed by atoms with Gasteiger partial charge in [0.15, 0.2) is 0 Å². The van der Waals surface area contributed by atoms with Crippen LogP contribution in [0.1, 0.15) is 32.0 Å². The summed E-state index contributed by atoms with van der Waals surface area (Å²) in [6, 6.07) is 0. The van der Waals surface area contributed by atoms with Gasteiger partial charge >= 0.3 is 0 Å². The molecule has 0 unspecified atom stereocenters. The van der Waals surface area contributed by atoms with Gasteiger partial charge in [-0.05, 0) is 18.6 Å². The topological polar surface area (TPSA) is 25.8 Å². The fourth-order valence-electron chi connectivity index (χ4n) is 1.47. The Morgan fingerprint density at radius 3 is 2.23 bits per heavy atom. The van der Waals surface area contributed by atoms with Gasteiger partial charge in [0, 0.05) is 11.3 Å². The summed E-state index contributed by atoms with van der Waals surface area (Å²) in [5, 5.41) is 1.10. The molecule has 2 nitrogen and oxygen atoms in total.